The van der Waals surface area contributed by atoms with Gasteiger partial charge < -0.3 is 15.5 Å². The molecule has 0 aromatic heterocycles. The van der Waals surface area contributed by atoms with Gasteiger partial charge in [0.2, 0.25) is 0 Å². The molecule has 0 saturated carbocycles. The van der Waals surface area contributed by atoms with Gasteiger partial charge in [-0.05, 0) is 34.0 Å². The molecule has 0 aromatic rings. The highest BCUT2D eigenvalue weighted by atomic mass is 16.2. The summed E-state index contributed by atoms with van der Waals surface area (Å²) < 4.78 is 0. The van der Waals surface area contributed by atoms with Crippen molar-refractivity contribution in [2.75, 3.05) is 27.7 Å². The van der Waals surface area contributed by atoms with Crippen LogP contribution in [-0.4, -0.2) is 44.7 Å². The Labute approximate surface area is 74.3 Å². The van der Waals surface area contributed by atoms with Gasteiger partial charge in [-0.2, -0.15) is 0 Å². The van der Waals surface area contributed by atoms with Gasteiger partial charge in [-0.1, -0.05) is 0 Å². The monoisotopic (exact) mass is 173 g/mol. The summed E-state index contributed by atoms with van der Waals surface area (Å²) in [5, 5.41) is 5.33. The van der Waals surface area contributed by atoms with Gasteiger partial charge >= 0.3 is 6.03 Å². The van der Waals surface area contributed by atoms with Crippen LogP contribution in [-0.2, 0) is 0 Å². The maximum absolute atomic E-state index is 10.8. The van der Waals surface area contributed by atoms with E-state index in [2.05, 4.69) is 15.5 Å². The molecule has 72 valence electrons. The van der Waals surface area contributed by atoms with Crippen LogP contribution >= 0.6 is 0 Å². The second-order valence-corrected chi connectivity index (χ2v) is 3.22. The smallest absolute Gasteiger partial charge is 0.314 e. The van der Waals surface area contributed by atoms with E-state index in [1.54, 1.807) is 7.05 Å². The van der Waals surface area contributed by atoms with Crippen LogP contribution in [0.2, 0.25) is 0 Å². The van der Waals surface area contributed by atoms with Gasteiger partial charge in [0.1, 0.15) is 0 Å². The highest BCUT2D eigenvalue weighted by molar-refractivity contribution is 5.73. The number of nitrogens with zero attached hydrogens (tertiary/aromatic N) is 1. The van der Waals surface area contributed by atoms with Crippen molar-refractivity contribution in [3.05, 3.63) is 0 Å². The summed E-state index contributed by atoms with van der Waals surface area (Å²) in [6.07, 6.45) is 0.973. The van der Waals surface area contributed by atoms with Crippen molar-refractivity contribution in [2.45, 2.75) is 19.4 Å². The second kappa shape index (κ2) is 5.83. The lowest BCUT2D eigenvalue weighted by Crippen LogP contribution is -2.40. The number of carbonyl (C=O) groups is 1. The molecule has 4 nitrogen and oxygen atoms in total. The van der Waals surface area contributed by atoms with E-state index in [0.717, 1.165) is 13.0 Å². The number of hydrogen-bond donors (Lipinski definition) is 2. The fourth-order valence-corrected chi connectivity index (χ4v) is 0.820. The Balaban J connectivity index is 3.45. The second-order valence-electron chi connectivity index (χ2n) is 3.22. The third-order valence-electron chi connectivity index (χ3n) is 1.61. The van der Waals surface area contributed by atoms with Crippen LogP contribution in [0.5, 0.6) is 0 Å². The van der Waals surface area contributed by atoms with Crippen molar-refractivity contribution in [1.29, 1.82) is 0 Å². The number of rotatable bonds is 4. The van der Waals surface area contributed by atoms with Gasteiger partial charge in [0.15, 0.2) is 0 Å². The molecule has 0 aromatic carbocycles. The van der Waals surface area contributed by atoms with E-state index in [1.165, 1.54) is 0 Å². The summed E-state index contributed by atoms with van der Waals surface area (Å²) in [7, 11) is 5.66. The number of nitrogens with one attached hydrogen (secondary N) is 2. The van der Waals surface area contributed by atoms with Crippen LogP contribution in [0.25, 0.3) is 0 Å². The van der Waals surface area contributed by atoms with E-state index in [1.807, 2.05) is 21.0 Å². The van der Waals surface area contributed by atoms with Gasteiger partial charge in [-0.3, -0.25) is 0 Å². The largest absolute Gasteiger partial charge is 0.341 e. The zero-order valence-corrected chi connectivity index (χ0v) is 8.35. The molecule has 0 fully saturated rings. The van der Waals surface area contributed by atoms with Crippen LogP contribution in [0, 0.1) is 0 Å². The highest BCUT2D eigenvalue weighted by Gasteiger charge is 2.04. The van der Waals surface area contributed by atoms with Crippen LogP contribution in [0.4, 0.5) is 4.79 Å². The van der Waals surface area contributed by atoms with Crippen molar-refractivity contribution in [3.8, 4) is 0 Å². The van der Waals surface area contributed by atoms with Gasteiger partial charge in [0.25, 0.3) is 0 Å². The van der Waals surface area contributed by atoms with E-state index in [4.69, 9.17) is 0 Å². The molecule has 0 saturated heterocycles. The Bertz CT molecular complexity index is 136. The molecule has 0 heterocycles. The third-order valence-corrected chi connectivity index (χ3v) is 1.61. The zero-order chi connectivity index (χ0) is 9.56. The lowest BCUT2D eigenvalue weighted by Gasteiger charge is -2.16. The van der Waals surface area contributed by atoms with Crippen LogP contribution in [0.1, 0.15) is 13.3 Å². The summed E-state index contributed by atoms with van der Waals surface area (Å²) in [4.78, 5) is 12.9. The maximum Gasteiger partial charge on any atom is 0.314 e. The molecule has 0 spiro atoms. The normalized spacial score (nSPS) is 12.8. The first-order valence-electron chi connectivity index (χ1n) is 4.19. The molecule has 4 heteroatoms. The number of hydrogen-bond acceptors (Lipinski definition) is 2. The van der Waals surface area contributed by atoms with Gasteiger partial charge in [-0.15, -0.1) is 0 Å². The van der Waals surface area contributed by atoms with Crippen molar-refractivity contribution in [3.63, 3.8) is 0 Å². The zero-order valence-electron chi connectivity index (χ0n) is 8.35. The number of amides is 2. The highest BCUT2D eigenvalue weighted by Crippen LogP contribution is 1.91. The van der Waals surface area contributed by atoms with Crippen LogP contribution < -0.4 is 10.6 Å². The predicted molar refractivity (Wildman–Crippen MR) is 50.2 cm³/mol. The van der Waals surface area contributed by atoms with E-state index in [-0.39, 0.29) is 12.1 Å². The molecule has 2 amide bonds. The fourth-order valence-electron chi connectivity index (χ4n) is 0.820. The SMILES string of the molecule is CNC(=O)NC(C)CCN(C)C. The molecule has 0 bridgehead atoms. The Hall–Kier alpha value is -0.770. The topological polar surface area (TPSA) is 44.4 Å². The van der Waals surface area contributed by atoms with Crippen LogP contribution in [0.3, 0.4) is 0 Å². The lowest BCUT2D eigenvalue weighted by atomic mass is 10.2. The minimum absolute atomic E-state index is 0.110. The van der Waals surface area contributed by atoms with E-state index >= 15 is 0 Å². The summed E-state index contributed by atoms with van der Waals surface area (Å²) in [5.41, 5.74) is 0. The molecule has 2 N–H and O–H groups in total. The van der Waals surface area contributed by atoms with Gasteiger partial charge in [0.05, 0.1) is 0 Å². The standard InChI is InChI=1S/C8H19N3O/c1-7(5-6-11(3)4)10-8(12)9-2/h7H,5-6H2,1-4H3,(H2,9,10,12). The van der Waals surface area contributed by atoms with E-state index in [0.29, 0.717) is 0 Å². The van der Waals surface area contributed by atoms with Crippen molar-refractivity contribution < 1.29 is 4.79 Å². The molecule has 0 rings (SSSR count). The molecule has 0 aliphatic heterocycles. The van der Waals surface area contributed by atoms with Crippen molar-refractivity contribution in [1.82, 2.24) is 15.5 Å². The first-order chi connectivity index (χ1) is 5.56. The third kappa shape index (κ3) is 5.97. The fraction of sp³-hybridized carbons (Fsp3) is 0.875. The Morgan fingerprint density at radius 1 is 1.50 bits per heavy atom. The molecule has 12 heavy (non-hydrogen) atoms. The Kier molecular flexibility index (Phi) is 5.45. The summed E-state index contributed by atoms with van der Waals surface area (Å²) in [6, 6.07) is 0.119. The predicted octanol–water partition coefficient (Wildman–Crippen LogP) is 0.256. The lowest BCUT2D eigenvalue weighted by molar-refractivity contribution is 0.238. The molecular weight excluding hydrogens is 154 g/mol. The molecule has 1 atom stereocenters. The Morgan fingerprint density at radius 2 is 2.08 bits per heavy atom. The average Bonchev–Trinajstić information content (AvgIpc) is 2.00. The number of carbonyl (C=O) groups excluding carboxylic acids is 1. The molecule has 0 radical (unpaired) electrons. The minimum atomic E-state index is -0.110. The minimum Gasteiger partial charge on any atom is -0.341 e. The molecule has 1 unspecified atom stereocenters. The van der Waals surface area contributed by atoms with Gasteiger partial charge in [0, 0.05) is 13.1 Å². The summed E-state index contributed by atoms with van der Waals surface area (Å²) in [5.74, 6) is 0. The van der Waals surface area contributed by atoms with Gasteiger partial charge in [-0.25, -0.2) is 4.79 Å². The van der Waals surface area contributed by atoms with Crippen molar-refractivity contribution in [2.24, 2.45) is 0 Å². The molecular formula is C8H19N3O. The maximum atomic E-state index is 10.8. The quantitative estimate of drug-likeness (QED) is 0.640. The van der Waals surface area contributed by atoms with E-state index in [9.17, 15) is 4.79 Å². The molecule has 0 aliphatic carbocycles. The summed E-state index contributed by atoms with van der Waals surface area (Å²) >= 11 is 0. The first kappa shape index (κ1) is 11.2. The first-order valence-corrected chi connectivity index (χ1v) is 4.19. The summed E-state index contributed by atoms with van der Waals surface area (Å²) in [6.45, 7) is 2.99. The average molecular weight is 173 g/mol. The Morgan fingerprint density at radius 3 is 2.50 bits per heavy atom. The van der Waals surface area contributed by atoms with E-state index < -0.39 is 0 Å². The molecule has 0 aliphatic rings. The number of urea groups is 1. The van der Waals surface area contributed by atoms with Crippen molar-refractivity contribution >= 4 is 6.03 Å². The van der Waals surface area contributed by atoms with Crippen LogP contribution in [0.15, 0.2) is 0 Å².